The molecule has 48 heavy (non-hydrogen) atoms. The zero-order chi connectivity index (χ0) is 33.9. The van der Waals surface area contributed by atoms with E-state index in [1.54, 1.807) is 5.57 Å². The highest BCUT2D eigenvalue weighted by atomic mass is 16.5. The van der Waals surface area contributed by atoms with E-state index in [2.05, 4.69) is 70.0 Å². The predicted octanol–water partition coefficient (Wildman–Crippen LogP) is 13.0. The van der Waals surface area contributed by atoms with Crippen molar-refractivity contribution in [3.63, 3.8) is 0 Å². The molecule has 0 bridgehead atoms. The summed E-state index contributed by atoms with van der Waals surface area (Å²) in [6, 6.07) is 15.6. The maximum atomic E-state index is 13.2. The molecule has 0 spiro atoms. The van der Waals surface area contributed by atoms with Crippen LogP contribution in [0.25, 0.3) is 0 Å². The van der Waals surface area contributed by atoms with Crippen molar-refractivity contribution in [3.05, 3.63) is 71.3 Å². The molecule has 4 nitrogen and oxygen atoms in total. The van der Waals surface area contributed by atoms with Crippen molar-refractivity contribution in [2.75, 3.05) is 0 Å². The average Bonchev–Trinajstić information content (AvgIpc) is 3.44. The highest BCUT2D eigenvalue weighted by molar-refractivity contribution is 5.89. The third-order valence-electron chi connectivity index (χ3n) is 13.7. The van der Waals surface area contributed by atoms with Crippen molar-refractivity contribution < 1.29 is 9.53 Å². The Morgan fingerprint density at radius 1 is 0.854 bits per heavy atom. The van der Waals surface area contributed by atoms with Gasteiger partial charge in [-0.15, -0.1) is 0 Å². The predicted molar refractivity (Wildman–Crippen MR) is 198 cm³/mol. The van der Waals surface area contributed by atoms with E-state index in [-0.39, 0.29) is 17.5 Å². The summed E-state index contributed by atoms with van der Waals surface area (Å²) in [5, 5.41) is 8.78. The minimum atomic E-state index is -0.225. The summed E-state index contributed by atoms with van der Waals surface area (Å²) in [5.41, 5.74) is 5.84. The van der Waals surface area contributed by atoms with Gasteiger partial charge >= 0.3 is 5.97 Å². The van der Waals surface area contributed by atoms with Crippen molar-refractivity contribution in [2.24, 2.45) is 56.6 Å². The van der Waals surface area contributed by atoms with Crippen LogP contribution in [0, 0.1) is 46.3 Å². The van der Waals surface area contributed by atoms with Gasteiger partial charge in [0, 0.05) is 6.42 Å². The van der Waals surface area contributed by atoms with Crippen LogP contribution in [0.2, 0.25) is 0 Å². The molecular weight excluding hydrogens is 588 g/mol. The Morgan fingerprint density at radius 2 is 1.56 bits per heavy atom. The first-order valence-electron chi connectivity index (χ1n) is 19.6. The van der Waals surface area contributed by atoms with Crippen LogP contribution in [0.3, 0.4) is 0 Å². The number of benzene rings is 2. The zero-order valence-corrected chi connectivity index (χ0v) is 30.8. The molecular formula is C44H62N2O2. The van der Waals surface area contributed by atoms with Crippen molar-refractivity contribution in [3.8, 4) is 0 Å². The topological polar surface area (TPSA) is 51.0 Å². The van der Waals surface area contributed by atoms with Crippen LogP contribution in [0.1, 0.15) is 141 Å². The molecule has 0 aromatic heterocycles. The van der Waals surface area contributed by atoms with Gasteiger partial charge in [0.25, 0.3) is 0 Å². The first-order valence-corrected chi connectivity index (χ1v) is 19.6. The van der Waals surface area contributed by atoms with Gasteiger partial charge in [0.15, 0.2) is 0 Å². The molecule has 0 heterocycles. The lowest BCUT2D eigenvalue weighted by Crippen LogP contribution is -2.51. The van der Waals surface area contributed by atoms with Crippen LogP contribution in [0.15, 0.2) is 70.4 Å². The molecule has 4 aliphatic carbocycles. The highest BCUT2D eigenvalue weighted by Crippen LogP contribution is 2.67. The summed E-state index contributed by atoms with van der Waals surface area (Å²) in [7, 11) is 0. The monoisotopic (exact) mass is 650 g/mol. The second-order valence-electron chi connectivity index (χ2n) is 17.1. The molecule has 4 heteroatoms. The summed E-state index contributed by atoms with van der Waals surface area (Å²) in [6.07, 6.45) is 20.1. The van der Waals surface area contributed by atoms with Crippen molar-refractivity contribution in [1.29, 1.82) is 0 Å². The van der Waals surface area contributed by atoms with Crippen molar-refractivity contribution in [1.82, 2.24) is 0 Å². The average molecular weight is 651 g/mol. The highest BCUT2D eigenvalue weighted by Gasteiger charge is 2.59. The first-order chi connectivity index (χ1) is 23.1. The Balaban J connectivity index is 1.03. The number of unbranched alkanes of at least 4 members (excludes halogenated alkanes) is 1. The molecule has 2 aromatic rings. The first kappa shape index (κ1) is 35.1. The van der Waals surface area contributed by atoms with E-state index >= 15 is 0 Å². The fourth-order valence-electron chi connectivity index (χ4n) is 10.9. The number of nitrogens with zero attached hydrogens (tertiary/aromatic N) is 2. The SMILES string of the molecule is CCCCc1ccc(N=Nc2ccc(C(=O)O[C@H]3CC[C@@]4(C)C(=CC[C@H]5[C@@H]6CC[C@H]([C@H](C)CCCC(C)C)[C@@]6(C)CC[C@@H]54)C3)cc2)cc1. The van der Waals surface area contributed by atoms with Gasteiger partial charge in [-0.1, -0.05) is 91.0 Å². The van der Waals surface area contributed by atoms with E-state index < -0.39 is 0 Å². The van der Waals surface area contributed by atoms with E-state index in [0.29, 0.717) is 11.0 Å². The number of esters is 1. The van der Waals surface area contributed by atoms with Crippen LogP contribution in [0.5, 0.6) is 0 Å². The molecule has 0 radical (unpaired) electrons. The number of carbonyl (C=O) groups excluding carboxylic acids is 1. The second kappa shape index (κ2) is 15.0. The molecule has 6 rings (SSSR count). The summed E-state index contributed by atoms with van der Waals surface area (Å²) >= 11 is 0. The quantitative estimate of drug-likeness (QED) is 0.130. The molecule has 0 unspecified atom stereocenters. The second-order valence-corrected chi connectivity index (χ2v) is 17.1. The van der Waals surface area contributed by atoms with Gasteiger partial charge in [0.2, 0.25) is 0 Å². The lowest BCUT2D eigenvalue weighted by molar-refractivity contribution is -0.0594. The standard InChI is InChI=1S/C44H62N2O2/c1-7-8-12-32-13-18-35(19-14-32)45-46-36-20-15-33(16-21-36)42(47)48-37-25-27-43(5)34(29-37)17-22-38-40-24-23-39(31(4)11-9-10-30(2)3)44(40,6)28-26-41(38)43/h13-21,30-31,37-41H,7-12,22-29H2,1-6H3/t31-,37+,38+,39-,40+,41+,43+,44-/m1/s1. The maximum Gasteiger partial charge on any atom is 0.338 e. The fourth-order valence-corrected chi connectivity index (χ4v) is 10.9. The molecule has 0 saturated heterocycles. The van der Waals surface area contributed by atoms with Crippen LogP contribution in [-0.2, 0) is 11.2 Å². The third-order valence-corrected chi connectivity index (χ3v) is 13.7. The third kappa shape index (κ3) is 7.38. The fraction of sp³-hybridized carbons (Fsp3) is 0.659. The largest absolute Gasteiger partial charge is 0.458 e. The Hall–Kier alpha value is -2.75. The van der Waals surface area contributed by atoms with Crippen LogP contribution in [0.4, 0.5) is 11.4 Å². The van der Waals surface area contributed by atoms with Crippen LogP contribution < -0.4 is 0 Å². The molecule has 0 aliphatic heterocycles. The van der Waals surface area contributed by atoms with Gasteiger partial charge in [0.1, 0.15) is 6.10 Å². The lowest BCUT2D eigenvalue weighted by atomic mass is 9.47. The number of fused-ring (bicyclic) bond motifs is 5. The smallest absolute Gasteiger partial charge is 0.338 e. The molecule has 0 amide bonds. The van der Waals surface area contributed by atoms with Gasteiger partial charge in [0.05, 0.1) is 16.9 Å². The summed E-state index contributed by atoms with van der Waals surface area (Å²) in [5.74, 6) is 4.82. The molecule has 3 fully saturated rings. The molecule has 3 saturated carbocycles. The summed E-state index contributed by atoms with van der Waals surface area (Å²) in [4.78, 5) is 13.2. The summed E-state index contributed by atoms with van der Waals surface area (Å²) < 4.78 is 6.15. The molecule has 8 atom stereocenters. The normalized spacial score (nSPS) is 32.0. The van der Waals surface area contributed by atoms with Gasteiger partial charge in [-0.3, -0.25) is 0 Å². The number of carbonyl (C=O) groups is 1. The van der Waals surface area contributed by atoms with E-state index in [4.69, 9.17) is 4.74 Å². The molecule has 0 N–H and O–H groups in total. The molecule has 2 aromatic carbocycles. The van der Waals surface area contributed by atoms with E-state index in [9.17, 15) is 4.79 Å². The number of allylic oxidation sites excluding steroid dienone is 1. The summed E-state index contributed by atoms with van der Waals surface area (Å²) in [6.45, 7) is 14.8. The molecule has 4 aliphatic rings. The number of ether oxygens (including phenoxy) is 1. The Labute approximate surface area is 291 Å². The van der Waals surface area contributed by atoms with E-state index in [1.807, 2.05) is 36.4 Å². The molecule has 260 valence electrons. The number of aryl methyl sites for hydroxylation is 1. The zero-order valence-electron chi connectivity index (χ0n) is 30.8. The number of hydrogen-bond acceptors (Lipinski definition) is 4. The Morgan fingerprint density at radius 3 is 2.25 bits per heavy atom. The van der Waals surface area contributed by atoms with Gasteiger partial charge in [-0.25, -0.2) is 4.79 Å². The Bertz CT molecular complexity index is 1440. The number of azo groups is 1. The Kier molecular flexibility index (Phi) is 11.0. The number of hydrogen-bond donors (Lipinski definition) is 0. The van der Waals surface area contributed by atoms with Gasteiger partial charge < -0.3 is 4.74 Å². The van der Waals surface area contributed by atoms with Gasteiger partial charge in [-0.05, 0) is 146 Å². The van der Waals surface area contributed by atoms with Crippen LogP contribution >= 0.6 is 0 Å². The van der Waals surface area contributed by atoms with E-state index in [1.165, 1.54) is 69.8 Å². The van der Waals surface area contributed by atoms with Gasteiger partial charge in [-0.2, -0.15) is 10.2 Å². The maximum absolute atomic E-state index is 13.2. The minimum absolute atomic E-state index is 0.0376. The minimum Gasteiger partial charge on any atom is -0.458 e. The van der Waals surface area contributed by atoms with Crippen LogP contribution in [-0.4, -0.2) is 12.1 Å². The number of rotatable bonds is 12. The van der Waals surface area contributed by atoms with Crippen molar-refractivity contribution in [2.45, 2.75) is 138 Å². The van der Waals surface area contributed by atoms with E-state index in [0.717, 1.165) is 72.6 Å². The van der Waals surface area contributed by atoms with Crippen molar-refractivity contribution >= 4 is 17.3 Å². The lowest BCUT2D eigenvalue weighted by Gasteiger charge is -2.58.